The largest absolute Gasteiger partial charge is 0.504 e. The van der Waals surface area contributed by atoms with E-state index >= 15 is 0 Å². The summed E-state index contributed by atoms with van der Waals surface area (Å²) < 4.78 is 1.41. The van der Waals surface area contributed by atoms with Crippen LogP contribution in [0.15, 0.2) is 6.20 Å². The van der Waals surface area contributed by atoms with Crippen LogP contribution in [0.1, 0.15) is 23.0 Å². The number of aromatic hydroxyl groups is 1. The molecule has 1 aromatic rings. The molecule has 1 fully saturated rings. The van der Waals surface area contributed by atoms with Gasteiger partial charge in [0, 0.05) is 5.75 Å². The average Bonchev–Trinajstić information content (AvgIpc) is 2.70. The summed E-state index contributed by atoms with van der Waals surface area (Å²) in [6.07, 6.45) is 2.10. The summed E-state index contributed by atoms with van der Waals surface area (Å²) in [6.45, 7) is 0. The van der Waals surface area contributed by atoms with Crippen molar-refractivity contribution in [3.8, 4) is 5.75 Å². The molecule has 2 heterocycles. The molecule has 2 N–H and O–H groups in total. The smallest absolute Gasteiger partial charge is 0.358 e. The maximum Gasteiger partial charge on any atom is 0.358 e. The molecule has 0 radical (unpaired) electrons. The number of aromatic carboxylic acids is 1. The molecule has 14 heavy (non-hydrogen) atoms. The fraction of sp³-hybridized carbons (Fsp3) is 0.500. The number of thioether (sulfide) groups is 1. The monoisotopic (exact) mass is 214 g/mol. The first-order valence-corrected chi connectivity index (χ1v) is 5.43. The van der Waals surface area contributed by atoms with Gasteiger partial charge < -0.3 is 10.2 Å². The van der Waals surface area contributed by atoms with Gasteiger partial charge in [-0.05, 0) is 12.2 Å². The van der Waals surface area contributed by atoms with Crippen molar-refractivity contribution >= 4 is 17.7 Å². The van der Waals surface area contributed by atoms with Crippen LogP contribution in [0.5, 0.6) is 5.75 Å². The molecule has 1 aliphatic rings. The van der Waals surface area contributed by atoms with Gasteiger partial charge in [-0.15, -0.1) is 0 Å². The summed E-state index contributed by atoms with van der Waals surface area (Å²) in [6, 6.07) is 0.104. The lowest BCUT2D eigenvalue weighted by Crippen LogP contribution is -2.16. The van der Waals surface area contributed by atoms with Crippen molar-refractivity contribution in [1.29, 1.82) is 0 Å². The molecule has 6 heteroatoms. The Labute approximate surface area is 84.7 Å². The van der Waals surface area contributed by atoms with E-state index in [0.717, 1.165) is 17.9 Å². The number of carboxylic acid groups (broad SMARTS) is 1. The summed E-state index contributed by atoms with van der Waals surface area (Å²) >= 11 is 1.77. The molecule has 1 saturated heterocycles. The van der Waals surface area contributed by atoms with Crippen LogP contribution < -0.4 is 0 Å². The second kappa shape index (κ2) is 3.53. The molecule has 76 valence electrons. The van der Waals surface area contributed by atoms with Crippen LogP contribution in [0.2, 0.25) is 0 Å². The average molecular weight is 214 g/mol. The number of hydrogen-bond acceptors (Lipinski definition) is 4. The quantitative estimate of drug-likeness (QED) is 0.767. The molecule has 0 amide bonds. The lowest BCUT2D eigenvalue weighted by atomic mass is 10.2. The number of hydrogen-bond donors (Lipinski definition) is 2. The van der Waals surface area contributed by atoms with Crippen LogP contribution in [0.3, 0.4) is 0 Å². The van der Waals surface area contributed by atoms with Gasteiger partial charge >= 0.3 is 5.97 Å². The van der Waals surface area contributed by atoms with E-state index in [1.807, 2.05) is 0 Å². The molecule has 1 unspecified atom stereocenters. The molecule has 0 spiro atoms. The Morgan fingerprint density at radius 2 is 2.50 bits per heavy atom. The number of nitrogens with zero attached hydrogens (tertiary/aromatic N) is 2. The minimum atomic E-state index is -1.13. The summed E-state index contributed by atoms with van der Waals surface area (Å²) in [4.78, 5) is 10.8. The minimum absolute atomic E-state index is 0.0995. The highest BCUT2D eigenvalue weighted by molar-refractivity contribution is 7.99. The van der Waals surface area contributed by atoms with E-state index in [9.17, 15) is 9.90 Å². The highest BCUT2D eigenvalue weighted by Crippen LogP contribution is 2.30. The van der Waals surface area contributed by atoms with Gasteiger partial charge in [0.05, 0.1) is 12.2 Å². The SMILES string of the molecule is O=C(O)c1c(O)cnn1C1CCSC1. The van der Waals surface area contributed by atoms with Crippen molar-refractivity contribution in [2.75, 3.05) is 11.5 Å². The van der Waals surface area contributed by atoms with Crippen molar-refractivity contribution in [3.63, 3.8) is 0 Å². The van der Waals surface area contributed by atoms with Gasteiger partial charge in [0.25, 0.3) is 0 Å². The van der Waals surface area contributed by atoms with Crippen molar-refractivity contribution in [1.82, 2.24) is 9.78 Å². The van der Waals surface area contributed by atoms with Gasteiger partial charge in [-0.1, -0.05) is 0 Å². The first kappa shape index (κ1) is 9.39. The fourth-order valence-electron chi connectivity index (χ4n) is 1.55. The van der Waals surface area contributed by atoms with E-state index < -0.39 is 5.97 Å². The van der Waals surface area contributed by atoms with E-state index in [4.69, 9.17) is 5.11 Å². The van der Waals surface area contributed by atoms with Crippen LogP contribution in [0.4, 0.5) is 0 Å². The van der Waals surface area contributed by atoms with Crippen LogP contribution in [-0.2, 0) is 0 Å². The number of rotatable bonds is 2. The maximum atomic E-state index is 10.8. The van der Waals surface area contributed by atoms with Crippen molar-refractivity contribution in [3.05, 3.63) is 11.9 Å². The van der Waals surface area contributed by atoms with Crippen molar-refractivity contribution in [2.45, 2.75) is 12.5 Å². The van der Waals surface area contributed by atoms with Gasteiger partial charge in [-0.25, -0.2) is 4.79 Å². The fourth-order valence-corrected chi connectivity index (χ4v) is 2.74. The highest BCUT2D eigenvalue weighted by Gasteiger charge is 2.25. The molecule has 0 aromatic carbocycles. The number of aromatic nitrogens is 2. The van der Waals surface area contributed by atoms with Gasteiger partial charge in [0.15, 0.2) is 11.4 Å². The summed E-state index contributed by atoms with van der Waals surface area (Å²) in [5.74, 6) is 0.498. The van der Waals surface area contributed by atoms with Crippen LogP contribution in [-0.4, -0.2) is 37.5 Å². The Morgan fingerprint density at radius 1 is 1.71 bits per heavy atom. The summed E-state index contributed by atoms with van der Waals surface area (Å²) in [5.41, 5.74) is -0.0995. The van der Waals surface area contributed by atoms with Gasteiger partial charge in [-0.3, -0.25) is 4.68 Å². The van der Waals surface area contributed by atoms with Crippen LogP contribution >= 0.6 is 11.8 Å². The van der Waals surface area contributed by atoms with E-state index in [2.05, 4.69) is 5.10 Å². The third-order valence-corrected chi connectivity index (χ3v) is 3.38. The van der Waals surface area contributed by atoms with E-state index in [-0.39, 0.29) is 17.5 Å². The Morgan fingerprint density at radius 3 is 3.07 bits per heavy atom. The lowest BCUT2D eigenvalue weighted by Gasteiger charge is -2.10. The third-order valence-electron chi connectivity index (χ3n) is 2.23. The second-order valence-corrected chi connectivity index (χ2v) is 4.30. The zero-order chi connectivity index (χ0) is 10.1. The molecule has 1 aromatic heterocycles. The topological polar surface area (TPSA) is 75.3 Å². The molecule has 5 nitrogen and oxygen atoms in total. The Hall–Kier alpha value is -1.17. The standard InChI is InChI=1S/C8H10N2O3S/c11-6-3-9-10(7(6)8(12)13)5-1-2-14-4-5/h3,5,11H,1-2,4H2,(H,12,13). The van der Waals surface area contributed by atoms with Crippen LogP contribution in [0, 0.1) is 0 Å². The van der Waals surface area contributed by atoms with Gasteiger partial charge in [0.2, 0.25) is 0 Å². The molecular formula is C8H10N2O3S. The minimum Gasteiger partial charge on any atom is -0.504 e. The Kier molecular flexibility index (Phi) is 2.37. The zero-order valence-corrected chi connectivity index (χ0v) is 8.20. The van der Waals surface area contributed by atoms with Gasteiger partial charge in [-0.2, -0.15) is 16.9 Å². The number of carbonyl (C=O) groups is 1. The Balaban J connectivity index is 2.37. The molecule has 1 atom stereocenters. The predicted octanol–water partition coefficient (Wildman–Crippen LogP) is 0.965. The maximum absolute atomic E-state index is 10.8. The van der Waals surface area contributed by atoms with Crippen LogP contribution in [0.25, 0.3) is 0 Å². The lowest BCUT2D eigenvalue weighted by molar-refractivity contribution is 0.0677. The third kappa shape index (κ3) is 1.45. The molecule has 0 saturated carbocycles. The molecule has 1 aliphatic heterocycles. The van der Waals surface area contributed by atoms with Crippen molar-refractivity contribution in [2.24, 2.45) is 0 Å². The summed E-state index contributed by atoms with van der Waals surface area (Å²) in [7, 11) is 0. The first-order valence-electron chi connectivity index (χ1n) is 4.27. The van der Waals surface area contributed by atoms with Crippen molar-refractivity contribution < 1.29 is 15.0 Å². The Bertz CT molecular complexity index is 357. The summed E-state index contributed by atoms with van der Waals surface area (Å²) in [5, 5.41) is 22.1. The predicted molar refractivity (Wildman–Crippen MR) is 51.8 cm³/mol. The van der Waals surface area contributed by atoms with E-state index in [1.54, 1.807) is 11.8 Å². The van der Waals surface area contributed by atoms with Gasteiger partial charge in [0.1, 0.15) is 0 Å². The molecule has 0 aliphatic carbocycles. The first-order chi connectivity index (χ1) is 6.70. The zero-order valence-electron chi connectivity index (χ0n) is 7.38. The molecule has 0 bridgehead atoms. The molecule has 2 rings (SSSR count). The van der Waals surface area contributed by atoms with E-state index in [0.29, 0.717) is 0 Å². The normalized spacial score (nSPS) is 21.3. The number of carboxylic acids is 1. The second-order valence-electron chi connectivity index (χ2n) is 3.15. The highest BCUT2D eigenvalue weighted by atomic mass is 32.2. The molecular weight excluding hydrogens is 204 g/mol. The van der Waals surface area contributed by atoms with E-state index in [1.165, 1.54) is 10.9 Å².